The van der Waals surface area contributed by atoms with Gasteiger partial charge in [-0.3, -0.25) is 19.8 Å². The number of nitro groups is 1. The zero-order valence-corrected chi connectivity index (χ0v) is 18.1. The molecule has 1 amide bonds. The van der Waals surface area contributed by atoms with Gasteiger partial charge in [-0.25, -0.2) is 4.39 Å². The highest BCUT2D eigenvalue weighted by molar-refractivity contribution is 8.27. The average molecular weight is 467 g/mol. The highest BCUT2D eigenvalue weighted by Crippen LogP contribution is 2.37. The average Bonchev–Trinajstić information content (AvgIpc) is 3.07. The van der Waals surface area contributed by atoms with Gasteiger partial charge in [0.15, 0.2) is 4.32 Å². The lowest BCUT2D eigenvalue weighted by molar-refractivity contribution is -0.384. The largest absolute Gasteiger partial charge is 0.488 e. The van der Waals surface area contributed by atoms with Crippen molar-refractivity contribution in [2.75, 3.05) is 4.90 Å². The third kappa shape index (κ3) is 4.68. The third-order valence-electron chi connectivity index (χ3n) is 4.61. The molecule has 0 spiro atoms. The number of nitrogens with zero attached hydrogens (tertiary/aromatic N) is 2. The Bertz CT molecular complexity index is 1230. The fourth-order valence-corrected chi connectivity index (χ4v) is 4.33. The Labute approximate surface area is 192 Å². The van der Waals surface area contributed by atoms with Gasteiger partial charge in [-0.15, -0.1) is 0 Å². The number of hydrogen-bond acceptors (Lipinski definition) is 6. The smallest absolute Gasteiger partial charge is 0.270 e. The van der Waals surface area contributed by atoms with Crippen molar-refractivity contribution in [2.45, 2.75) is 6.61 Å². The molecule has 1 aliphatic heterocycles. The lowest BCUT2D eigenvalue weighted by Gasteiger charge is -2.14. The Morgan fingerprint density at radius 2 is 1.81 bits per heavy atom. The Balaban J connectivity index is 1.65. The van der Waals surface area contributed by atoms with Crippen LogP contribution < -0.4 is 9.64 Å². The monoisotopic (exact) mass is 466 g/mol. The van der Waals surface area contributed by atoms with Gasteiger partial charge in [0.2, 0.25) is 0 Å². The molecule has 1 aliphatic rings. The summed E-state index contributed by atoms with van der Waals surface area (Å²) in [6, 6.07) is 19.0. The molecule has 0 unspecified atom stereocenters. The number of nitro benzene ring substituents is 1. The van der Waals surface area contributed by atoms with Crippen molar-refractivity contribution in [2.24, 2.45) is 0 Å². The van der Waals surface area contributed by atoms with Gasteiger partial charge in [0.05, 0.1) is 15.5 Å². The van der Waals surface area contributed by atoms with Gasteiger partial charge >= 0.3 is 0 Å². The molecule has 3 aromatic rings. The zero-order valence-electron chi connectivity index (χ0n) is 16.4. The van der Waals surface area contributed by atoms with E-state index in [9.17, 15) is 19.3 Å². The molecule has 0 N–H and O–H groups in total. The molecule has 32 heavy (non-hydrogen) atoms. The van der Waals surface area contributed by atoms with Crippen LogP contribution in [0.1, 0.15) is 11.1 Å². The van der Waals surface area contributed by atoms with Crippen LogP contribution in [0, 0.1) is 15.9 Å². The number of carbonyl (C=O) groups is 1. The van der Waals surface area contributed by atoms with Crippen molar-refractivity contribution in [3.8, 4) is 5.75 Å². The van der Waals surface area contributed by atoms with Crippen LogP contribution in [0.3, 0.4) is 0 Å². The van der Waals surface area contributed by atoms with Crippen LogP contribution in [-0.4, -0.2) is 15.2 Å². The molecule has 6 nitrogen and oxygen atoms in total. The number of benzene rings is 3. The summed E-state index contributed by atoms with van der Waals surface area (Å²) in [6.07, 6.45) is 1.54. The van der Waals surface area contributed by atoms with Crippen LogP contribution in [0.25, 0.3) is 6.08 Å². The Morgan fingerprint density at radius 3 is 2.50 bits per heavy atom. The SMILES string of the molecule is O=C1C(=Cc2cc([N+](=O)[O-])ccc2OCc2ccc(F)cc2)SC(=S)N1c1ccccc1. The van der Waals surface area contributed by atoms with Crippen LogP contribution in [0.15, 0.2) is 77.7 Å². The Kier molecular flexibility index (Phi) is 6.29. The second-order valence-electron chi connectivity index (χ2n) is 6.75. The molecule has 0 atom stereocenters. The predicted molar refractivity (Wildman–Crippen MR) is 126 cm³/mol. The van der Waals surface area contributed by atoms with Crippen LogP contribution >= 0.6 is 24.0 Å². The number of amides is 1. The summed E-state index contributed by atoms with van der Waals surface area (Å²) in [5, 5.41) is 11.3. The standard InChI is InChI=1S/C23H15FN2O4S2/c24-17-8-6-15(7-9-17)14-30-20-11-10-19(26(28)29)12-16(20)13-21-22(27)25(23(31)32-21)18-4-2-1-3-5-18/h1-13H,14H2. The predicted octanol–water partition coefficient (Wildman–Crippen LogP) is 5.72. The van der Waals surface area contributed by atoms with Crippen LogP contribution in [-0.2, 0) is 11.4 Å². The third-order valence-corrected chi connectivity index (χ3v) is 5.91. The number of carbonyl (C=O) groups excluding carboxylic acids is 1. The van der Waals surface area contributed by atoms with Gasteiger partial charge in [-0.2, -0.15) is 0 Å². The van der Waals surface area contributed by atoms with Gasteiger partial charge in [-0.05, 0) is 42.0 Å². The van der Waals surface area contributed by atoms with Crippen molar-refractivity contribution >= 4 is 51.7 Å². The summed E-state index contributed by atoms with van der Waals surface area (Å²) >= 11 is 6.49. The molecule has 0 bridgehead atoms. The number of non-ortho nitro benzene ring substituents is 1. The summed E-state index contributed by atoms with van der Waals surface area (Å²) in [5.74, 6) is -0.322. The molecule has 1 fully saturated rings. The molecule has 1 saturated heterocycles. The first-order valence-electron chi connectivity index (χ1n) is 9.41. The van der Waals surface area contributed by atoms with Crippen LogP contribution in [0.5, 0.6) is 5.75 Å². The quantitative estimate of drug-likeness (QED) is 0.200. The molecule has 160 valence electrons. The van der Waals surface area contributed by atoms with Crippen LogP contribution in [0.2, 0.25) is 0 Å². The first-order chi connectivity index (χ1) is 15.4. The molecule has 9 heteroatoms. The summed E-state index contributed by atoms with van der Waals surface area (Å²) in [5.41, 5.74) is 1.61. The maximum absolute atomic E-state index is 13.1. The number of ether oxygens (including phenoxy) is 1. The summed E-state index contributed by atoms with van der Waals surface area (Å²) in [7, 11) is 0. The van der Waals surface area contributed by atoms with E-state index in [4.69, 9.17) is 17.0 Å². The summed E-state index contributed by atoms with van der Waals surface area (Å²) in [4.78, 5) is 25.5. The lowest BCUT2D eigenvalue weighted by atomic mass is 10.1. The van der Waals surface area contributed by atoms with Crippen molar-refractivity contribution in [1.29, 1.82) is 0 Å². The second kappa shape index (κ2) is 9.29. The van der Waals surface area contributed by atoms with E-state index >= 15 is 0 Å². The molecule has 0 radical (unpaired) electrons. The molecule has 0 aliphatic carbocycles. The van der Waals surface area contributed by atoms with E-state index in [-0.39, 0.29) is 24.0 Å². The summed E-state index contributed by atoms with van der Waals surface area (Å²) < 4.78 is 19.3. The number of para-hydroxylation sites is 1. The summed E-state index contributed by atoms with van der Waals surface area (Å²) in [6.45, 7) is 0.129. The first kappa shape index (κ1) is 21.7. The van der Waals surface area contributed by atoms with Crippen molar-refractivity contribution in [3.05, 3.63) is 105 Å². The number of halogens is 1. The number of thioether (sulfide) groups is 1. The van der Waals surface area contributed by atoms with E-state index in [1.807, 2.05) is 6.07 Å². The number of hydrogen-bond donors (Lipinski definition) is 0. The lowest BCUT2D eigenvalue weighted by Crippen LogP contribution is -2.27. The minimum atomic E-state index is -0.518. The zero-order chi connectivity index (χ0) is 22.7. The van der Waals surface area contributed by atoms with Gasteiger partial charge < -0.3 is 4.74 Å². The normalized spacial score (nSPS) is 14.8. The number of rotatable bonds is 6. The van der Waals surface area contributed by atoms with Gasteiger partial charge in [0.1, 0.15) is 18.2 Å². The molecule has 3 aromatic carbocycles. The molecule has 0 saturated carbocycles. The fourth-order valence-electron chi connectivity index (χ4n) is 3.04. The Morgan fingerprint density at radius 1 is 1.09 bits per heavy atom. The highest BCUT2D eigenvalue weighted by atomic mass is 32.2. The van der Waals surface area contributed by atoms with Gasteiger partial charge in [0.25, 0.3) is 11.6 Å². The van der Waals surface area contributed by atoms with E-state index in [0.717, 1.165) is 17.3 Å². The number of thiocarbonyl (C=S) groups is 1. The maximum atomic E-state index is 13.1. The van der Waals surface area contributed by atoms with E-state index in [2.05, 4.69) is 0 Å². The van der Waals surface area contributed by atoms with E-state index in [1.165, 1.54) is 41.3 Å². The van der Waals surface area contributed by atoms with Gasteiger partial charge in [0, 0.05) is 17.7 Å². The van der Waals surface area contributed by atoms with Crippen molar-refractivity contribution < 1.29 is 18.8 Å². The minimum absolute atomic E-state index is 0.129. The van der Waals surface area contributed by atoms with E-state index in [0.29, 0.717) is 26.2 Å². The first-order valence-corrected chi connectivity index (χ1v) is 10.6. The maximum Gasteiger partial charge on any atom is 0.270 e. The molecular formula is C23H15FN2O4S2. The highest BCUT2D eigenvalue weighted by Gasteiger charge is 2.33. The fraction of sp³-hybridized carbons (Fsp3) is 0.0435. The topological polar surface area (TPSA) is 72.7 Å². The molecular weight excluding hydrogens is 451 g/mol. The van der Waals surface area contributed by atoms with E-state index < -0.39 is 4.92 Å². The number of anilines is 1. The van der Waals surface area contributed by atoms with Crippen molar-refractivity contribution in [3.63, 3.8) is 0 Å². The van der Waals surface area contributed by atoms with Crippen molar-refractivity contribution in [1.82, 2.24) is 0 Å². The van der Waals surface area contributed by atoms with E-state index in [1.54, 1.807) is 36.4 Å². The molecule has 0 aromatic heterocycles. The Hall–Kier alpha value is -3.56. The second-order valence-corrected chi connectivity index (χ2v) is 8.42. The van der Waals surface area contributed by atoms with Gasteiger partial charge in [-0.1, -0.05) is 54.3 Å². The minimum Gasteiger partial charge on any atom is -0.488 e. The van der Waals surface area contributed by atoms with Crippen LogP contribution in [0.4, 0.5) is 15.8 Å². The molecule has 1 heterocycles. The molecule has 4 rings (SSSR count).